The lowest BCUT2D eigenvalue weighted by molar-refractivity contribution is 0.156. The van der Waals surface area contributed by atoms with Gasteiger partial charge in [0.2, 0.25) is 0 Å². The van der Waals surface area contributed by atoms with Gasteiger partial charge in [-0.15, -0.1) is 0 Å². The maximum atomic E-state index is 13.6. The molecule has 0 saturated heterocycles. The van der Waals surface area contributed by atoms with Crippen molar-refractivity contribution in [3.63, 3.8) is 0 Å². The maximum Gasteiger partial charge on any atom is 0.255 e. The minimum atomic E-state index is -2.72. The molecule has 100 valence electrons. The molecule has 0 amide bonds. The van der Waals surface area contributed by atoms with Gasteiger partial charge in [-0.25, -0.2) is 17.6 Å². The highest BCUT2D eigenvalue weighted by Crippen LogP contribution is 2.24. The molecule has 0 aromatic heterocycles. The number of hydrogen-bond donors (Lipinski definition) is 2. The number of anilines is 1. The fourth-order valence-corrected chi connectivity index (χ4v) is 1.43. The number of alkyl halides is 2. The van der Waals surface area contributed by atoms with E-state index in [1.807, 2.05) is 0 Å². The molecule has 4 nitrogen and oxygen atoms in total. The van der Waals surface area contributed by atoms with Gasteiger partial charge in [-0.1, -0.05) is 5.16 Å². The zero-order valence-corrected chi connectivity index (χ0v) is 9.37. The van der Waals surface area contributed by atoms with Crippen molar-refractivity contribution in [2.24, 2.45) is 10.9 Å². The van der Waals surface area contributed by atoms with Gasteiger partial charge in [-0.2, -0.15) is 0 Å². The summed E-state index contributed by atoms with van der Waals surface area (Å²) < 4.78 is 51.5. The summed E-state index contributed by atoms with van der Waals surface area (Å²) in [5, 5.41) is 11.0. The van der Waals surface area contributed by atoms with Gasteiger partial charge >= 0.3 is 0 Å². The molecule has 0 radical (unpaired) electrons. The third-order valence-corrected chi connectivity index (χ3v) is 2.21. The fourth-order valence-electron chi connectivity index (χ4n) is 1.43. The minimum absolute atomic E-state index is 0.179. The highest BCUT2D eigenvalue weighted by Gasteiger charge is 2.19. The van der Waals surface area contributed by atoms with Gasteiger partial charge in [0.25, 0.3) is 6.43 Å². The number of oxime groups is 1. The minimum Gasteiger partial charge on any atom is -0.409 e. The van der Waals surface area contributed by atoms with Crippen molar-refractivity contribution in [3.8, 4) is 0 Å². The van der Waals surface area contributed by atoms with Crippen LogP contribution in [0.15, 0.2) is 17.3 Å². The van der Waals surface area contributed by atoms with Gasteiger partial charge in [-0.3, -0.25) is 0 Å². The first-order valence-electron chi connectivity index (χ1n) is 4.83. The Morgan fingerprint density at radius 3 is 2.28 bits per heavy atom. The largest absolute Gasteiger partial charge is 0.409 e. The SMILES string of the molecule is CN(CC(F)F)c1c(F)cc(C(N)=NO)cc1F. The zero-order chi connectivity index (χ0) is 13.9. The molecule has 0 aliphatic rings. The molecule has 0 bridgehead atoms. The molecular formula is C10H11F4N3O. The lowest BCUT2D eigenvalue weighted by atomic mass is 10.1. The Bertz CT molecular complexity index is 441. The van der Waals surface area contributed by atoms with Crippen LogP contribution in [0.4, 0.5) is 23.2 Å². The Hall–Kier alpha value is -1.99. The normalized spacial score (nSPS) is 12.0. The molecule has 0 fully saturated rings. The Labute approximate surface area is 100 Å². The van der Waals surface area contributed by atoms with Crippen molar-refractivity contribution >= 4 is 11.5 Å². The van der Waals surface area contributed by atoms with E-state index in [0.717, 1.165) is 24.1 Å². The van der Waals surface area contributed by atoms with E-state index < -0.39 is 36.1 Å². The number of rotatable bonds is 4. The lowest BCUT2D eigenvalue weighted by Gasteiger charge is -2.20. The highest BCUT2D eigenvalue weighted by molar-refractivity contribution is 5.97. The van der Waals surface area contributed by atoms with Crippen molar-refractivity contribution in [2.45, 2.75) is 6.43 Å². The molecule has 8 heteroatoms. The Morgan fingerprint density at radius 2 is 1.89 bits per heavy atom. The molecular weight excluding hydrogens is 254 g/mol. The average molecular weight is 265 g/mol. The summed E-state index contributed by atoms with van der Waals surface area (Å²) >= 11 is 0. The Morgan fingerprint density at radius 1 is 1.39 bits per heavy atom. The summed E-state index contributed by atoms with van der Waals surface area (Å²) in [5.41, 5.74) is 4.40. The van der Waals surface area contributed by atoms with E-state index in [9.17, 15) is 17.6 Å². The first-order chi connectivity index (χ1) is 8.36. The van der Waals surface area contributed by atoms with E-state index in [2.05, 4.69) is 5.16 Å². The predicted octanol–water partition coefficient (Wildman–Crippen LogP) is 1.76. The molecule has 0 spiro atoms. The molecule has 3 N–H and O–H groups in total. The molecule has 1 aromatic rings. The first-order valence-corrected chi connectivity index (χ1v) is 4.83. The van der Waals surface area contributed by atoms with Crippen LogP contribution in [-0.2, 0) is 0 Å². The third kappa shape index (κ3) is 3.02. The molecule has 18 heavy (non-hydrogen) atoms. The van der Waals surface area contributed by atoms with E-state index in [-0.39, 0.29) is 5.56 Å². The van der Waals surface area contributed by atoms with Gasteiger partial charge in [-0.05, 0) is 12.1 Å². The standard InChI is InChI=1S/C10H11F4N3O/c1-17(4-8(13)14)9-6(11)2-5(3-7(9)12)10(15)16-18/h2-3,8,18H,4H2,1H3,(H2,15,16). The monoisotopic (exact) mass is 265 g/mol. The average Bonchev–Trinajstić information content (AvgIpc) is 2.25. The van der Waals surface area contributed by atoms with Gasteiger partial charge in [0.1, 0.15) is 17.3 Å². The van der Waals surface area contributed by atoms with Gasteiger partial charge < -0.3 is 15.8 Å². The van der Waals surface area contributed by atoms with Crippen LogP contribution in [0.1, 0.15) is 5.56 Å². The van der Waals surface area contributed by atoms with Crippen LogP contribution < -0.4 is 10.6 Å². The van der Waals surface area contributed by atoms with E-state index in [1.165, 1.54) is 0 Å². The Kier molecular flexibility index (Phi) is 4.35. The molecule has 1 rings (SSSR count). The summed E-state index contributed by atoms with van der Waals surface area (Å²) in [6.45, 7) is -0.809. The second-order valence-corrected chi connectivity index (χ2v) is 3.55. The molecule has 1 aromatic carbocycles. The smallest absolute Gasteiger partial charge is 0.255 e. The maximum absolute atomic E-state index is 13.6. The van der Waals surface area contributed by atoms with Crippen molar-refractivity contribution in [3.05, 3.63) is 29.3 Å². The second-order valence-electron chi connectivity index (χ2n) is 3.55. The first kappa shape index (κ1) is 14.1. The van der Waals surface area contributed by atoms with Crippen LogP contribution in [0.2, 0.25) is 0 Å². The van der Waals surface area contributed by atoms with Crippen LogP contribution in [0.5, 0.6) is 0 Å². The number of halogens is 4. The van der Waals surface area contributed by atoms with E-state index >= 15 is 0 Å². The van der Waals surface area contributed by atoms with Crippen molar-refractivity contribution in [1.29, 1.82) is 0 Å². The Balaban J connectivity index is 3.16. The van der Waals surface area contributed by atoms with Gasteiger partial charge in [0.15, 0.2) is 5.84 Å². The predicted molar refractivity (Wildman–Crippen MR) is 58.1 cm³/mol. The van der Waals surface area contributed by atoms with E-state index in [0.29, 0.717) is 0 Å². The topological polar surface area (TPSA) is 61.8 Å². The number of amidine groups is 1. The molecule has 0 atom stereocenters. The summed E-state index contributed by atoms with van der Waals surface area (Å²) in [6, 6.07) is 1.60. The molecule has 0 saturated carbocycles. The summed E-state index contributed by atoms with van der Waals surface area (Å²) in [4.78, 5) is 0.755. The highest BCUT2D eigenvalue weighted by atomic mass is 19.3. The third-order valence-electron chi connectivity index (χ3n) is 2.21. The van der Waals surface area contributed by atoms with Crippen LogP contribution in [0.3, 0.4) is 0 Å². The summed E-state index contributed by atoms with van der Waals surface area (Å²) in [7, 11) is 1.14. The second kappa shape index (κ2) is 5.56. The molecule has 0 unspecified atom stereocenters. The number of nitrogens with two attached hydrogens (primary N) is 1. The fraction of sp³-hybridized carbons (Fsp3) is 0.300. The van der Waals surface area contributed by atoms with Crippen molar-refractivity contribution in [2.75, 3.05) is 18.5 Å². The van der Waals surface area contributed by atoms with Crippen LogP contribution in [0, 0.1) is 11.6 Å². The quantitative estimate of drug-likeness (QED) is 0.287. The van der Waals surface area contributed by atoms with Crippen LogP contribution in [0.25, 0.3) is 0 Å². The molecule has 0 aliphatic heterocycles. The van der Waals surface area contributed by atoms with Gasteiger partial charge in [0.05, 0.1) is 6.54 Å². The summed E-state index contributed by atoms with van der Waals surface area (Å²) in [6.07, 6.45) is -2.72. The lowest BCUT2D eigenvalue weighted by Crippen LogP contribution is -2.26. The van der Waals surface area contributed by atoms with Crippen molar-refractivity contribution in [1.82, 2.24) is 0 Å². The van der Waals surface area contributed by atoms with Crippen LogP contribution >= 0.6 is 0 Å². The zero-order valence-electron chi connectivity index (χ0n) is 9.37. The number of benzene rings is 1. The summed E-state index contributed by atoms with van der Waals surface area (Å²) in [5.74, 6) is -2.62. The van der Waals surface area contributed by atoms with Crippen LogP contribution in [-0.4, -0.2) is 31.1 Å². The van der Waals surface area contributed by atoms with Crippen molar-refractivity contribution < 1.29 is 22.8 Å². The number of nitrogens with zero attached hydrogens (tertiary/aromatic N) is 2. The van der Waals surface area contributed by atoms with E-state index in [4.69, 9.17) is 10.9 Å². The van der Waals surface area contributed by atoms with E-state index in [1.54, 1.807) is 0 Å². The molecule has 0 heterocycles. The number of hydrogen-bond acceptors (Lipinski definition) is 3. The molecule has 0 aliphatic carbocycles. The van der Waals surface area contributed by atoms with Gasteiger partial charge in [0, 0.05) is 12.6 Å².